The summed E-state index contributed by atoms with van der Waals surface area (Å²) >= 11 is 0. The highest BCUT2D eigenvalue weighted by Crippen LogP contribution is 2.25. The SMILES string of the molecule is N=C/C(=C(/OC1CCCCC1)C([O-])=Nc1cc(F)cc(F)c1)N1CCNCC1. The van der Waals surface area contributed by atoms with E-state index in [-0.39, 0.29) is 17.6 Å². The van der Waals surface area contributed by atoms with Crippen LogP contribution in [0.5, 0.6) is 0 Å². The molecule has 28 heavy (non-hydrogen) atoms. The topological polar surface area (TPSA) is 83.8 Å². The van der Waals surface area contributed by atoms with E-state index in [1.54, 1.807) is 0 Å². The van der Waals surface area contributed by atoms with Gasteiger partial charge in [-0.2, -0.15) is 0 Å². The molecule has 1 aliphatic carbocycles. The zero-order valence-corrected chi connectivity index (χ0v) is 15.7. The lowest BCUT2D eigenvalue weighted by Crippen LogP contribution is -2.44. The van der Waals surface area contributed by atoms with Crippen molar-refractivity contribution in [3.05, 3.63) is 41.3 Å². The minimum Gasteiger partial charge on any atom is -0.856 e. The third kappa shape index (κ3) is 5.28. The number of piperazine rings is 1. The lowest BCUT2D eigenvalue weighted by atomic mass is 9.98. The summed E-state index contributed by atoms with van der Waals surface area (Å²) < 4.78 is 33.0. The summed E-state index contributed by atoms with van der Waals surface area (Å²) in [4.78, 5) is 5.77. The number of benzene rings is 1. The maximum absolute atomic E-state index is 13.5. The van der Waals surface area contributed by atoms with Crippen molar-refractivity contribution >= 4 is 17.8 Å². The van der Waals surface area contributed by atoms with Crippen molar-refractivity contribution in [2.24, 2.45) is 4.99 Å². The largest absolute Gasteiger partial charge is 0.856 e. The van der Waals surface area contributed by atoms with Crippen molar-refractivity contribution in [1.82, 2.24) is 10.2 Å². The highest BCUT2D eigenvalue weighted by molar-refractivity contribution is 5.96. The Hall–Kier alpha value is -2.48. The maximum Gasteiger partial charge on any atom is 0.155 e. The summed E-state index contributed by atoms with van der Waals surface area (Å²) in [6.45, 7) is 2.72. The zero-order chi connectivity index (χ0) is 19.9. The number of halogens is 2. The molecule has 8 heteroatoms. The van der Waals surface area contributed by atoms with Crippen molar-refractivity contribution < 1.29 is 18.6 Å². The number of hydrogen-bond donors (Lipinski definition) is 2. The molecule has 0 amide bonds. The highest BCUT2D eigenvalue weighted by atomic mass is 19.1. The van der Waals surface area contributed by atoms with Gasteiger partial charge in [-0.05, 0) is 37.8 Å². The summed E-state index contributed by atoms with van der Waals surface area (Å²) in [6.07, 6.45) is 5.82. The molecule has 1 aliphatic heterocycles. The van der Waals surface area contributed by atoms with Gasteiger partial charge in [-0.15, -0.1) is 0 Å². The van der Waals surface area contributed by atoms with Crippen LogP contribution in [0.2, 0.25) is 0 Å². The Kier molecular flexibility index (Phi) is 6.97. The summed E-state index contributed by atoms with van der Waals surface area (Å²) in [5.74, 6) is -2.36. The van der Waals surface area contributed by atoms with E-state index in [0.29, 0.717) is 18.8 Å². The molecule has 152 valence electrons. The van der Waals surface area contributed by atoms with Gasteiger partial charge in [0, 0.05) is 44.4 Å². The van der Waals surface area contributed by atoms with Gasteiger partial charge in [0.2, 0.25) is 0 Å². The lowest BCUT2D eigenvalue weighted by molar-refractivity contribution is -0.218. The van der Waals surface area contributed by atoms with Crippen LogP contribution in [0.1, 0.15) is 32.1 Å². The maximum atomic E-state index is 13.5. The summed E-state index contributed by atoms with van der Waals surface area (Å²) in [7, 11) is 0. The van der Waals surface area contributed by atoms with Crippen molar-refractivity contribution in [3.8, 4) is 0 Å². The van der Waals surface area contributed by atoms with Crippen LogP contribution in [0.25, 0.3) is 0 Å². The van der Waals surface area contributed by atoms with Gasteiger partial charge in [-0.25, -0.2) is 8.78 Å². The first-order chi connectivity index (χ1) is 13.6. The first-order valence-corrected chi connectivity index (χ1v) is 9.66. The molecule has 3 rings (SSSR count). The molecule has 1 aromatic rings. The van der Waals surface area contributed by atoms with Crippen molar-refractivity contribution in [1.29, 1.82) is 5.41 Å². The molecule has 0 atom stereocenters. The van der Waals surface area contributed by atoms with Gasteiger partial charge in [0.15, 0.2) is 5.76 Å². The normalized spacial score (nSPS) is 19.9. The number of hydrogen-bond acceptors (Lipinski definition) is 6. The van der Waals surface area contributed by atoms with E-state index in [0.717, 1.165) is 69.6 Å². The smallest absolute Gasteiger partial charge is 0.155 e. The number of nitrogens with one attached hydrogen (secondary N) is 2. The quantitative estimate of drug-likeness (QED) is 0.443. The summed E-state index contributed by atoms with van der Waals surface area (Å²) in [5.41, 5.74) is 0.245. The second kappa shape index (κ2) is 9.64. The highest BCUT2D eigenvalue weighted by Gasteiger charge is 2.22. The monoisotopic (exact) mass is 391 g/mol. The number of aliphatic imine (C=N–C) groups is 1. The molecular weight excluding hydrogens is 366 g/mol. The van der Waals surface area contributed by atoms with Gasteiger partial charge in [0.1, 0.15) is 11.6 Å². The van der Waals surface area contributed by atoms with E-state index in [2.05, 4.69) is 10.3 Å². The number of rotatable bonds is 6. The second-order valence-electron chi connectivity index (χ2n) is 7.02. The molecule has 2 fully saturated rings. The van der Waals surface area contributed by atoms with Gasteiger partial charge in [-0.1, -0.05) is 6.42 Å². The Morgan fingerprint density at radius 2 is 1.79 bits per heavy atom. The molecule has 2 aliphatic rings. The number of nitrogens with zero attached hydrogens (tertiary/aromatic N) is 2. The molecule has 1 heterocycles. The van der Waals surface area contributed by atoms with Crippen LogP contribution in [0, 0.1) is 17.0 Å². The van der Waals surface area contributed by atoms with Gasteiger partial charge in [0.25, 0.3) is 0 Å². The van der Waals surface area contributed by atoms with Crippen LogP contribution < -0.4 is 10.4 Å². The van der Waals surface area contributed by atoms with Crippen molar-refractivity contribution in [2.75, 3.05) is 26.2 Å². The standard InChI is InChI=1S/C20H26F2N4O2/c21-14-10-15(22)12-16(11-14)25-20(27)19(28-17-4-2-1-3-5-17)18(13-23)26-8-6-24-7-9-26/h10-13,17,23-24H,1-9H2,(H,25,27)/p-1/b19-18-,23-13?. The molecule has 0 bridgehead atoms. The Morgan fingerprint density at radius 3 is 2.39 bits per heavy atom. The van der Waals surface area contributed by atoms with Crippen molar-refractivity contribution in [3.63, 3.8) is 0 Å². The molecule has 0 unspecified atom stereocenters. The molecule has 6 nitrogen and oxygen atoms in total. The summed E-state index contributed by atoms with van der Waals surface area (Å²) in [5, 5.41) is 24.0. The first-order valence-electron chi connectivity index (χ1n) is 9.66. The fraction of sp³-hybridized carbons (Fsp3) is 0.500. The van der Waals surface area contributed by atoms with Crippen molar-refractivity contribution in [2.45, 2.75) is 38.2 Å². The van der Waals surface area contributed by atoms with Gasteiger partial charge in [0.05, 0.1) is 17.5 Å². The fourth-order valence-electron chi connectivity index (χ4n) is 3.55. The number of ether oxygens (including phenoxy) is 1. The van der Waals surface area contributed by atoms with E-state index in [9.17, 15) is 13.9 Å². The molecule has 0 spiro atoms. The van der Waals surface area contributed by atoms with E-state index in [1.165, 1.54) is 0 Å². The van der Waals surface area contributed by atoms with Gasteiger partial charge >= 0.3 is 0 Å². The predicted molar refractivity (Wildman–Crippen MR) is 102 cm³/mol. The average molecular weight is 391 g/mol. The summed E-state index contributed by atoms with van der Waals surface area (Å²) in [6, 6.07) is 2.71. The minimum atomic E-state index is -0.806. The first kappa shape index (κ1) is 20.3. The fourth-order valence-corrected chi connectivity index (χ4v) is 3.55. The van der Waals surface area contributed by atoms with Crippen LogP contribution in [0.4, 0.5) is 14.5 Å². The zero-order valence-electron chi connectivity index (χ0n) is 15.7. The van der Waals surface area contributed by atoms with Crippen LogP contribution in [0.3, 0.4) is 0 Å². The predicted octanol–water partition coefficient (Wildman–Crippen LogP) is 2.47. The molecular formula is C20H25F2N4O2-. The van der Waals surface area contributed by atoms with E-state index >= 15 is 0 Å². The van der Waals surface area contributed by atoms with Gasteiger partial charge < -0.3 is 25.5 Å². The van der Waals surface area contributed by atoms with Crippen LogP contribution in [-0.4, -0.2) is 49.3 Å². The van der Waals surface area contributed by atoms with E-state index in [1.807, 2.05) is 4.90 Å². The molecule has 0 radical (unpaired) electrons. The van der Waals surface area contributed by atoms with Crippen LogP contribution >= 0.6 is 0 Å². The number of allylic oxidation sites excluding steroid dienone is 1. The lowest BCUT2D eigenvalue weighted by Gasteiger charge is -2.34. The Balaban J connectivity index is 1.96. The van der Waals surface area contributed by atoms with Crippen LogP contribution in [0.15, 0.2) is 34.6 Å². The Bertz CT molecular complexity index is 734. The third-order valence-corrected chi connectivity index (χ3v) is 4.94. The molecule has 1 saturated carbocycles. The minimum absolute atomic E-state index is 0.0199. The second-order valence-corrected chi connectivity index (χ2v) is 7.02. The Morgan fingerprint density at radius 1 is 1.14 bits per heavy atom. The average Bonchev–Trinajstić information content (AvgIpc) is 2.68. The van der Waals surface area contributed by atoms with Crippen LogP contribution in [-0.2, 0) is 4.74 Å². The van der Waals surface area contributed by atoms with E-state index < -0.39 is 17.5 Å². The molecule has 2 N–H and O–H groups in total. The molecule has 1 saturated heterocycles. The Labute approximate surface area is 163 Å². The molecule has 0 aromatic heterocycles. The third-order valence-electron chi connectivity index (χ3n) is 4.94. The van der Waals surface area contributed by atoms with Gasteiger partial charge in [-0.3, -0.25) is 4.99 Å². The molecule has 1 aromatic carbocycles. The van der Waals surface area contributed by atoms with E-state index in [4.69, 9.17) is 10.1 Å².